The molecule has 2 aromatic rings. The van der Waals surface area contributed by atoms with Crippen molar-refractivity contribution in [2.24, 2.45) is 0 Å². The molecule has 2 N–H and O–H groups in total. The fourth-order valence-corrected chi connectivity index (χ4v) is 2.96. The molecule has 1 aromatic heterocycles. The number of hydrogen-bond donors (Lipinski definition) is 2. The monoisotopic (exact) mass is 257 g/mol. The molecule has 0 amide bonds. The molecule has 1 saturated heterocycles. The number of benzene rings is 1. The maximum absolute atomic E-state index is 3.49. The number of piperazine rings is 1. The fourth-order valence-electron chi connectivity index (χ4n) is 2.96. The van der Waals surface area contributed by atoms with Gasteiger partial charge in [-0.25, -0.2) is 0 Å². The number of para-hydroxylation sites is 1. The summed E-state index contributed by atoms with van der Waals surface area (Å²) in [5.41, 5.74) is 4.17. The zero-order valence-corrected chi connectivity index (χ0v) is 11.9. The highest BCUT2D eigenvalue weighted by Crippen LogP contribution is 2.27. The van der Waals surface area contributed by atoms with Gasteiger partial charge in [-0.2, -0.15) is 0 Å². The van der Waals surface area contributed by atoms with Crippen molar-refractivity contribution >= 4 is 10.9 Å². The van der Waals surface area contributed by atoms with E-state index in [9.17, 15) is 0 Å². The molecule has 3 heteroatoms. The van der Waals surface area contributed by atoms with Gasteiger partial charge in [0.1, 0.15) is 0 Å². The van der Waals surface area contributed by atoms with Gasteiger partial charge in [-0.1, -0.05) is 32.0 Å². The third-order valence-electron chi connectivity index (χ3n) is 4.06. The van der Waals surface area contributed by atoms with Crippen LogP contribution in [-0.2, 0) is 6.54 Å². The summed E-state index contributed by atoms with van der Waals surface area (Å²) in [7, 11) is 0. The first-order valence-electron chi connectivity index (χ1n) is 7.27. The predicted octanol–water partition coefficient (Wildman–Crippen LogP) is 2.70. The Labute approximate surface area is 115 Å². The highest BCUT2D eigenvalue weighted by molar-refractivity contribution is 5.86. The fraction of sp³-hybridized carbons (Fsp3) is 0.500. The van der Waals surface area contributed by atoms with Crippen LogP contribution in [0.2, 0.25) is 0 Å². The van der Waals surface area contributed by atoms with Gasteiger partial charge in [0.15, 0.2) is 0 Å². The average Bonchev–Trinajstić information content (AvgIpc) is 2.83. The highest BCUT2D eigenvalue weighted by Gasteiger charge is 2.14. The molecule has 0 aliphatic carbocycles. The van der Waals surface area contributed by atoms with E-state index in [-0.39, 0.29) is 0 Å². The molecule has 3 nitrogen and oxygen atoms in total. The number of aromatic amines is 1. The van der Waals surface area contributed by atoms with Gasteiger partial charge in [0.05, 0.1) is 0 Å². The van der Waals surface area contributed by atoms with E-state index >= 15 is 0 Å². The molecule has 0 bridgehead atoms. The van der Waals surface area contributed by atoms with Crippen molar-refractivity contribution in [2.75, 3.05) is 26.2 Å². The number of H-pyrrole nitrogens is 1. The number of aromatic nitrogens is 1. The molecule has 102 valence electrons. The third-order valence-corrected chi connectivity index (χ3v) is 4.06. The Morgan fingerprint density at radius 2 is 2.00 bits per heavy atom. The number of nitrogens with one attached hydrogen (secondary N) is 2. The molecular weight excluding hydrogens is 234 g/mol. The molecule has 0 unspecified atom stereocenters. The van der Waals surface area contributed by atoms with Gasteiger partial charge in [-0.05, 0) is 17.0 Å². The Morgan fingerprint density at radius 1 is 1.21 bits per heavy atom. The lowest BCUT2D eigenvalue weighted by molar-refractivity contribution is 0.234. The van der Waals surface area contributed by atoms with E-state index in [1.54, 1.807) is 0 Å². The van der Waals surface area contributed by atoms with Crippen molar-refractivity contribution in [3.63, 3.8) is 0 Å². The van der Waals surface area contributed by atoms with Crippen LogP contribution in [0.4, 0.5) is 0 Å². The Kier molecular flexibility index (Phi) is 3.58. The van der Waals surface area contributed by atoms with Gasteiger partial charge in [0.2, 0.25) is 0 Å². The van der Waals surface area contributed by atoms with Gasteiger partial charge < -0.3 is 10.3 Å². The van der Waals surface area contributed by atoms with Crippen LogP contribution in [0, 0.1) is 0 Å². The van der Waals surface area contributed by atoms with Crippen LogP contribution in [0.15, 0.2) is 24.4 Å². The first-order valence-corrected chi connectivity index (χ1v) is 7.27. The molecule has 0 radical (unpaired) electrons. The maximum atomic E-state index is 3.49. The molecule has 3 rings (SSSR count). The molecule has 0 saturated carbocycles. The topological polar surface area (TPSA) is 31.1 Å². The van der Waals surface area contributed by atoms with Gasteiger partial charge in [-0.3, -0.25) is 4.90 Å². The largest absolute Gasteiger partial charge is 0.361 e. The number of nitrogens with zero attached hydrogens (tertiary/aromatic N) is 1. The van der Waals surface area contributed by atoms with Crippen molar-refractivity contribution in [1.29, 1.82) is 0 Å². The van der Waals surface area contributed by atoms with Gasteiger partial charge in [0, 0.05) is 49.8 Å². The average molecular weight is 257 g/mol. The molecule has 19 heavy (non-hydrogen) atoms. The lowest BCUT2D eigenvalue weighted by atomic mass is 9.99. The summed E-state index contributed by atoms with van der Waals surface area (Å²) >= 11 is 0. The van der Waals surface area contributed by atoms with Crippen LogP contribution < -0.4 is 5.32 Å². The molecule has 1 aliphatic rings. The van der Waals surface area contributed by atoms with Gasteiger partial charge in [-0.15, -0.1) is 0 Å². The summed E-state index contributed by atoms with van der Waals surface area (Å²) < 4.78 is 0. The predicted molar refractivity (Wildman–Crippen MR) is 80.5 cm³/mol. The van der Waals surface area contributed by atoms with Crippen LogP contribution >= 0.6 is 0 Å². The summed E-state index contributed by atoms with van der Waals surface area (Å²) in [5, 5.41) is 4.80. The minimum absolute atomic E-state index is 0.564. The molecule has 1 fully saturated rings. The Bertz CT molecular complexity index is 550. The second-order valence-electron chi connectivity index (χ2n) is 5.76. The van der Waals surface area contributed by atoms with E-state index in [1.807, 2.05) is 0 Å². The number of rotatable bonds is 3. The van der Waals surface area contributed by atoms with Crippen LogP contribution in [0.25, 0.3) is 10.9 Å². The molecule has 2 heterocycles. The first kappa shape index (κ1) is 12.7. The Morgan fingerprint density at radius 3 is 2.74 bits per heavy atom. The lowest BCUT2D eigenvalue weighted by Crippen LogP contribution is -2.42. The minimum atomic E-state index is 0.564. The van der Waals surface area contributed by atoms with Crippen LogP contribution in [0.5, 0.6) is 0 Å². The van der Waals surface area contributed by atoms with Gasteiger partial charge in [0.25, 0.3) is 0 Å². The standard InChI is InChI=1S/C16H23N3/c1-12(2)14-4-3-5-15-13(10-18-16(14)15)11-19-8-6-17-7-9-19/h3-5,10,12,17-18H,6-9,11H2,1-2H3. The maximum Gasteiger partial charge on any atom is 0.0492 e. The Hall–Kier alpha value is -1.32. The van der Waals surface area contributed by atoms with E-state index in [0.29, 0.717) is 5.92 Å². The molecule has 1 aromatic carbocycles. The van der Waals surface area contributed by atoms with E-state index in [0.717, 1.165) is 32.7 Å². The lowest BCUT2D eigenvalue weighted by Gasteiger charge is -2.26. The zero-order chi connectivity index (χ0) is 13.2. The SMILES string of the molecule is CC(C)c1cccc2c(CN3CCNCC3)c[nH]c12. The van der Waals surface area contributed by atoms with E-state index < -0.39 is 0 Å². The van der Waals surface area contributed by atoms with Crippen LogP contribution in [-0.4, -0.2) is 36.1 Å². The number of fused-ring (bicyclic) bond motifs is 1. The summed E-state index contributed by atoms with van der Waals surface area (Å²) in [6.07, 6.45) is 2.19. The Balaban J connectivity index is 1.90. The van der Waals surface area contributed by atoms with E-state index in [4.69, 9.17) is 0 Å². The van der Waals surface area contributed by atoms with Crippen LogP contribution in [0.1, 0.15) is 30.9 Å². The summed E-state index contributed by atoms with van der Waals surface area (Å²) in [5.74, 6) is 0.564. The zero-order valence-electron chi connectivity index (χ0n) is 11.9. The van der Waals surface area contributed by atoms with Crippen molar-refractivity contribution in [1.82, 2.24) is 15.2 Å². The van der Waals surface area contributed by atoms with Crippen molar-refractivity contribution < 1.29 is 0 Å². The van der Waals surface area contributed by atoms with E-state index in [1.165, 1.54) is 22.0 Å². The van der Waals surface area contributed by atoms with Gasteiger partial charge >= 0.3 is 0 Å². The molecular formula is C16H23N3. The number of hydrogen-bond acceptors (Lipinski definition) is 2. The minimum Gasteiger partial charge on any atom is -0.361 e. The summed E-state index contributed by atoms with van der Waals surface area (Å²) in [6.45, 7) is 10.1. The highest BCUT2D eigenvalue weighted by atomic mass is 15.2. The van der Waals surface area contributed by atoms with E-state index in [2.05, 4.69) is 53.4 Å². The van der Waals surface area contributed by atoms with Crippen molar-refractivity contribution in [3.8, 4) is 0 Å². The second kappa shape index (κ2) is 5.35. The quantitative estimate of drug-likeness (QED) is 0.886. The van der Waals surface area contributed by atoms with Crippen molar-refractivity contribution in [2.45, 2.75) is 26.3 Å². The molecule has 0 spiro atoms. The van der Waals surface area contributed by atoms with Crippen molar-refractivity contribution in [3.05, 3.63) is 35.5 Å². The third kappa shape index (κ3) is 2.53. The normalized spacial score (nSPS) is 17.4. The molecule has 1 aliphatic heterocycles. The first-order chi connectivity index (χ1) is 9.25. The van der Waals surface area contributed by atoms with Crippen LogP contribution in [0.3, 0.4) is 0 Å². The molecule has 0 atom stereocenters. The summed E-state index contributed by atoms with van der Waals surface area (Å²) in [6, 6.07) is 6.67. The smallest absolute Gasteiger partial charge is 0.0492 e. The second-order valence-corrected chi connectivity index (χ2v) is 5.76. The summed E-state index contributed by atoms with van der Waals surface area (Å²) in [4.78, 5) is 6.01.